The maximum atomic E-state index is 5.20. The van der Waals surface area contributed by atoms with E-state index in [1.54, 1.807) is 7.11 Å². The number of rotatable bonds is 3. The average molecular weight is 250 g/mol. The predicted octanol–water partition coefficient (Wildman–Crippen LogP) is 1.32. The average Bonchev–Trinajstić information content (AvgIpc) is 2.38. The summed E-state index contributed by atoms with van der Waals surface area (Å²) in [5.41, 5.74) is 0. The minimum atomic E-state index is 0.619. The molecule has 0 atom stereocenters. The van der Waals surface area contributed by atoms with Gasteiger partial charge in [0.25, 0.3) is 0 Å². The van der Waals surface area contributed by atoms with E-state index in [-0.39, 0.29) is 0 Å². The second kappa shape index (κ2) is 5.52. The van der Waals surface area contributed by atoms with Crippen molar-refractivity contribution in [2.24, 2.45) is 0 Å². The molecule has 0 saturated carbocycles. The molecule has 2 heterocycles. The summed E-state index contributed by atoms with van der Waals surface area (Å²) in [6.45, 7) is 10.6. The smallest absolute Gasteiger partial charge is 0.218 e. The Morgan fingerprint density at radius 1 is 1.17 bits per heavy atom. The molecule has 0 aromatic carbocycles. The Bertz CT molecular complexity index is 400. The van der Waals surface area contributed by atoms with E-state index in [2.05, 4.69) is 33.6 Å². The van der Waals surface area contributed by atoms with Crippen LogP contribution >= 0.6 is 0 Å². The summed E-state index contributed by atoms with van der Waals surface area (Å²) < 4.78 is 5.20. The lowest BCUT2D eigenvalue weighted by molar-refractivity contribution is 0.209. The van der Waals surface area contributed by atoms with Gasteiger partial charge in [-0.3, -0.25) is 4.90 Å². The summed E-state index contributed by atoms with van der Waals surface area (Å²) >= 11 is 0. The minimum absolute atomic E-state index is 0.619. The zero-order valence-electron chi connectivity index (χ0n) is 11.7. The zero-order valence-corrected chi connectivity index (χ0v) is 11.7. The van der Waals surface area contributed by atoms with Crippen molar-refractivity contribution in [1.29, 1.82) is 0 Å². The molecular formula is C13H22N4O. The molecule has 1 saturated heterocycles. The van der Waals surface area contributed by atoms with E-state index in [0.29, 0.717) is 11.9 Å². The molecule has 0 amide bonds. The quantitative estimate of drug-likeness (QED) is 0.809. The molecule has 1 aliphatic heterocycles. The number of methoxy groups -OCH3 is 1. The third-order valence-electron chi connectivity index (χ3n) is 3.38. The van der Waals surface area contributed by atoms with Crippen molar-refractivity contribution in [2.45, 2.75) is 26.8 Å². The highest BCUT2D eigenvalue weighted by molar-refractivity contribution is 5.42. The second-order valence-corrected chi connectivity index (χ2v) is 4.93. The van der Waals surface area contributed by atoms with Gasteiger partial charge in [0, 0.05) is 38.3 Å². The van der Waals surface area contributed by atoms with E-state index in [4.69, 9.17) is 4.74 Å². The van der Waals surface area contributed by atoms with Gasteiger partial charge in [-0.15, -0.1) is 0 Å². The van der Waals surface area contributed by atoms with Gasteiger partial charge in [-0.2, -0.15) is 4.98 Å². The first kappa shape index (κ1) is 13.1. The maximum absolute atomic E-state index is 5.20. The van der Waals surface area contributed by atoms with Gasteiger partial charge >= 0.3 is 0 Å². The molecular weight excluding hydrogens is 228 g/mol. The molecule has 0 radical (unpaired) electrons. The molecule has 0 N–H and O–H groups in total. The number of hydrogen-bond acceptors (Lipinski definition) is 5. The van der Waals surface area contributed by atoms with E-state index >= 15 is 0 Å². The van der Waals surface area contributed by atoms with E-state index in [9.17, 15) is 0 Å². The number of nitrogens with zero attached hydrogens (tertiary/aromatic N) is 4. The van der Waals surface area contributed by atoms with Crippen LogP contribution in [0.3, 0.4) is 0 Å². The van der Waals surface area contributed by atoms with Gasteiger partial charge in [-0.05, 0) is 20.8 Å². The van der Waals surface area contributed by atoms with E-state index in [1.807, 2.05) is 13.0 Å². The van der Waals surface area contributed by atoms with Crippen molar-refractivity contribution in [3.8, 4) is 5.88 Å². The molecule has 1 aromatic rings. The molecule has 1 fully saturated rings. The van der Waals surface area contributed by atoms with Crippen LogP contribution < -0.4 is 9.64 Å². The molecule has 2 rings (SSSR count). The number of ether oxygens (including phenoxy) is 1. The van der Waals surface area contributed by atoms with Crippen LogP contribution in [0.15, 0.2) is 6.07 Å². The lowest BCUT2D eigenvalue weighted by Crippen LogP contribution is -2.49. The fourth-order valence-corrected chi connectivity index (χ4v) is 2.26. The molecule has 0 unspecified atom stereocenters. The fraction of sp³-hybridized carbons (Fsp3) is 0.692. The number of aryl methyl sites for hydroxylation is 1. The van der Waals surface area contributed by atoms with Gasteiger partial charge in [0.1, 0.15) is 11.6 Å². The number of anilines is 1. The van der Waals surface area contributed by atoms with Crippen molar-refractivity contribution >= 4 is 5.82 Å². The van der Waals surface area contributed by atoms with E-state index in [0.717, 1.165) is 37.8 Å². The van der Waals surface area contributed by atoms with Crippen LogP contribution in [-0.4, -0.2) is 54.2 Å². The fourth-order valence-electron chi connectivity index (χ4n) is 2.26. The topological polar surface area (TPSA) is 41.5 Å². The highest BCUT2D eigenvalue weighted by Crippen LogP contribution is 2.19. The van der Waals surface area contributed by atoms with Crippen LogP contribution in [0.2, 0.25) is 0 Å². The zero-order chi connectivity index (χ0) is 13.1. The predicted molar refractivity (Wildman–Crippen MR) is 72.2 cm³/mol. The number of hydrogen-bond donors (Lipinski definition) is 0. The Kier molecular flexibility index (Phi) is 4.01. The second-order valence-electron chi connectivity index (χ2n) is 4.93. The minimum Gasteiger partial charge on any atom is -0.481 e. The molecule has 18 heavy (non-hydrogen) atoms. The normalized spacial score (nSPS) is 17.3. The first-order valence-corrected chi connectivity index (χ1v) is 6.49. The highest BCUT2D eigenvalue weighted by atomic mass is 16.5. The summed E-state index contributed by atoms with van der Waals surface area (Å²) in [4.78, 5) is 13.5. The van der Waals surface area contributed by atoms with Crippen molar-refractivity contribution in [2.75, 3.05) is 38.2 Å². The highest BCUT2D eigenvalue weighted by Gasteiger charge is 2.20. The Balaban J connectivity index is 2.07. The van der Waals surface area contributed by atoms with Crippen LogP contribution in [0.4, 0.5) is 5.82 Å². The van der Waals surface area contributed by atoms with Gasteiger partial charge in [0.2, 0.25) is 5.88 Å². The Morgan fingerprint density at radius 3 is 2.39 bits per heavy atom. The molecule has 1 aliphatic rings. The summed E-state index contributed by atoms with van der Waals surface area (Å²) in [5.74, 6) is 2.38. The summed E-state index contributed by atoms with van der Waals surface area (Å²) in [5, 5.41) is 0. The maximum Gasteiger partial charge on any atom is 0.218 e. The Hall–Kier alpha value is -1.36. The van der Waals surface area contributed by atoms with Gasteiger partial charge < -0.3 is 9.64 Å². The van der Waals surface area contributed by atoms with Gasteiger partial charge in [0.15, 0.2) is 0 Å². The van der Waals surface area contributed by atoms with Gasteiger partial charge in [0.05, 0.1) is 7.11 Å². The summed E-state index contributed by atoms with van der Waals surface area (Å²) in [6.07, 6.45) is 0. The van der Waals surface area contributed by atoms with Crippen LogP contribution in [0.1, 0.15) is 19.7 Å². The third-order valence-corrected chi connectivity index (χ3v) is 3.38. The van der Waals surface area contributed by atoms with E-state index in [1.165, 1.54) is 0 Å². The summed E-state index contributed by atoms with van der Waals surface area (Å²) in [6, 6.07) is 2.53. The Labute approximate surface area is 109 Å². The van der Waals surface area contributed by atoms with Gasteiger partial charge in [-0.25, -0.2) is 4.98 Å². The van der Waals surface area contributed by atoms with Crippen LogP contribution in [0, 0.1) is 6.92 Å². The van der Waals surface area contributed by atoms with Crippen molar-refractivity contribution in [3.05, 3.63) is 11.9 Å². The van der Waals surface area contributed by atoms with Crippen molar-refractivity contribution in [1.82, 2.24) is 14.9 Å². The van der Waals surface area contributed by atoms with Gasteiger partial charge in [-0.1, -0.05) is 0 Å². The monoisotopic (exact) mass is 250 g/mol. The lowest BCUT2D eigenvalue weighted by Gasteiger charge is -2.37. The molecule has 5 nitrogen and oxygen atoms in total. The first-order chi connectivity index (χ1) is 8.60. The largest absolute Gasteiger partial charge is 0.481 e. The first-order valence-electron chi connectivity index (χ1n) is 6.49. The molecule has 1 aromatic heterocycles. The van der Waals surface area contributed by atoms with Crippen LogP contribution in [-0.2, 0) is 0 Å². The molecule has 0 spiro atoms. The molecule has 5 heteroatoms. The van der Waals surface area contributed by atoms with Crippen molar-refractivity contribution in [3.63, 3.8) is 0 Å². The molecule has 0 bridgehead atoms. The molecule has 0 aliphatic carbocycles. The number of piperazine rings is 1. The van der Waals surface area contributed by atoms with Crippen LogP contribution in [0.5, 0.6) is 5.88 Å². The molecule has 100 valence electrons. The van der Waals surface area contributed by atoms with E-state index < -0.39 is 0 Å². The summed E-state index contributed by atoms with van der Waals surface area (Å²) in [7, 11) is 1.64. The standard InChI is InChI=1S/C13H22N4O/c1-10(2)16-5-7-17(8-6-16)12-9-13(18-4)15-11(3)14-12/h9-10H,5-8H2,1-4H3. The van der Waals surface area contributed by atoms with Crippen LogP contribution in [0.25, 0.3) is 0 Å². The SMILES string of the molecule is COc1cc(N2CCN(C(C)C)CC2)nc(C)n1. The number of aromatic nitrogens is 2. The lowest BCUT2D eigenvalue weighted by atomic mass is 10.2. The Morgan fingerprint density at radius 2 is 1.83 bits per heavy atom. The third kappa shape index (κ3) is 2.90. The van der Waals surface area contributed by atoms with Crippen molar-refractivity contribution < 1.29 is 4.74 Å².